The Kier molecular flexibility index (Phi) is 6.02. The number of aromatic nitrogens is 2. The van der Waals surface area contributed by atoms with E-state index in [0.717, 1.165) is 0 Å². The van der Waals surface area contributed by atoms with Crippen LogP contribution in [-0.4, -0.2) is 29.3 Å². The van der Waals surface area contributed by atoms with Crippen molar-refractivity contribution in [2.75, 3.05) is 19.0 Å². The lowest BCUT2D eigenvalue weighted by atomic mass is 10.1. The third kappa shape index (κ3) is 4.67. The van der Waals surface area contributed by atoms with Crippen LogP contribution in [0, 0.1) is 11.8 Å². The molecular weight excluding hydrogens is 242 g/mol. The van der Waals surface area contributed by atoms with Gasteiger partial charge in [0.2, 0.25) is 0 Å². The van der Waals surface area contributed by atoms with Crippen molar-refractivity contribution in [2.45, 2.75) is 40.3 Å². The predicted octanol–water partition coefficient (Wildman–Crippen LogP) is 1.98. The van der Waals surface area contributed by atoms with E-state index in [4.69, 9.17) is 4.74 Å². The lowest BCUT2D eigenvalue weighted by Gasteiger charge is -2.22. The number of methoxy groups -OCH3 is 1. The van der Waals surface area contributed by atoms with Gasteiger partial charge in [0.25, 0.3) is 5.56 Å². The number of hydrogen-bond acceptors (Lipinski definition) is 4. The highest BCUT2D eigenvalue weighted by molar-refractivity contribution is 5.32. The van der Waals surface area contributed by atoms with E-state index < -0.39 is 0 Å². The van der Waals surface area contributed by atoms with Crippen molar-refractivity contribution in [3.05, 3.63) is 22.7 Å². The van der Waals surface area contributed by atoms with Crippen molar-refractivity contribution in [1.29, 1.82) is 0 Å². The highest BCUT2D eigenvalue weighted by Crippen LogP contribution is 2.08. The van der Waals surface area contributed by atoms with Gasteiger partial charge in [-0.2, -0.15) is 0 Å². The van der Waals surface area contributed by atoms with E-state index >= 15 is 0 Å². The van der Waals surface area contributed by atoms with Gasteiger partial charge in [-0.3, -0.25) is 4.79 Å². The number of ether oxygens (including phenoxy) is 1. The maximum Gasteiger partial charge on any atom is 0.293 e. The van der Waals surface area contributed by atoms with Gasteiger partial charge >= 0.3 is 0 Å². The fourth-order valence-electron chi connectivity index (χ4n) is 1.84. The molecule has 0 aliphatic carbocycles. The Bertz CT molecular complexity index is 441. The summed E-state index contributed by atoms with van der Waals surface area (Å²) in [7, 11) is 1.66. The van der Waals surface area contributed by atoms with Gasteiger partial charge in [-0.1, -0.05) is 27.7 Å². The zero-order chi connectivity index (χ0) is 14.4. The average Bonchev–Trinajstić information content (AvgIpc) is 2.32. The van der Waals surface area contributed by atoms with Crippen LogP contribution in [-0.2, 0) is 11.3 Å². The molecule has 0 aliphatic heterocycles. The fraction of sp³-hybridized carbons (Fsp3) is 0.714. The molecular formula is C14H25N3O2. The van der Waals surface area contributed by atoms with Gasteiger partial charge < -0.3 is 14.6 Å². The molecule has 1 aromatic rings. The zero-order valence-electron chi connectivity index (χ0n) is 12.5. The van der Waals surface area contributed by atoms with Crippen LogP contribution in [0.4, 0.5) is 5.82 Å². The van der Waals surface area contributed by atoms with Crippen molar-refractivity contribution in [3.8, 4) is 0 Å². The van der Waals surface area contributed by atoms with E-state index in [9.17, 15) is 4.79 Å². The van der Waals surface area contributed by atoms with Crippen LogP contribution in [0.25, 0.3) is 0 Å². The molecule has 108 valence electrons. The second-order valence-corrected chi connectivity index (χ2v) is 5.58. The van der Waals surface area contributed by atoms with E-state index in [-0.39, 0.29) is 11.6 Å². The molecule has 1 unspecified atom stereocenters. The molecule has 1 heterocycles. The molecule has 0 saturated heterocycles. The average molecular weight is 267 g/mol. The summed E-state index contributed by atoms with van der Waals surface area (Å²) in [5, 5.41) is 3.19. The van der Waals surface area contributed by atoms with E-state index in [1.165, 1.54) is 0 Å². The topological polar surface area (TPSA) is 56.1 Å². The van der Waals surface area contributed by atoms with Gasteiger partial charge in [0.05, 0.1) is 12.6 Å². The zero-order valence-corrected chi connectivity index (χ0v) is 12.5. The van der Waals surface area contributed by atoms with E-state index in [1.807, 2.05) is 0 Å². The van der Waals surface area contributed by atoms with Gasteiger partial charge in [-0.15, -0.1) is 0 Å². The first-order chi connectivity index (χ1) is 8.95. The normalized spacial score (nSPS) is 13.0. The fourth-order valence-corrected chi connectivity index (χ4v) is 1.84. The van der Waals surface area contributed by atoms with Crippen LogP contribution in [0.5, 0.6) is 0 Å². The molecule has 0 saturated carbocycles. The van der Waals surface area contributed by atoms with Gasteiger partial charge in [0.15, 0.2) is 5.82 Å². The number of rotatable bonds is 7. The van der Waals surface area contributed by atoms with Crippen molar-refractivity contribution >= 4 is 5.82 Å². The third-order valence-corrected chi connectivity index (χ3v) is 2.95. The Morgan fingerprint density at radius 1 is 1.37 bits per heavy atom. The van der Waals surface area contributed by atoms with Crippen LogP contribution in [0.2, 0.25) is 0 Å². The van der Waals surface area contributed by atoms with Crippen LogP contribution in [0.3, 0.4) is 0 Å². The van der Waals surface area contributed by atoms with Crippen LogP contribution in [0.15, 0.2) is 17.2 Å². The summed E-state index contributed by atoms with van der Waals surface area (Å²) >= 11 is 0. The Balaban J connectivity index is 2.91. The van der Waals surface area contributed by atoms with E-state index in [0.29, 0.717) is 30.8 Å². The quantitative estimate of drug-likeness (QED) is 0.820. The summed E-state index contributed by atoms with van der Waals surface area (Å²) in [4.78, 5) is 16.4. The number of anilines is 1. The molecule has 1 N–H and O–H groups in total. The number of nitrogens with one attached hydrogen (secondary N) is 1. The van der Waals surface area contributed by atoms with Crippen molar-refractivity contribution in [2.24, 2.45) is 11.8 Å². The summed E-state index contributed by atoms with van der Waals surface area (Å²) < 4.78 is 6.87. The summed E-state index contributed by atoms with van der Waals surface area (Å²) in [5.74, 6) is 1.19. The lowest BCUT2D eigenvalue weighted by molar-refractivity contribution is 0.171. The Hall–Kier alpha value is -1.36. The smallest absolute Gasteiger partial charge is 0.293 e. The largest absolute Gasteiger partial charge is 0.383 e. The molecule has 0 spiro atoms. The second kappa shape index (κ2) is 7.28. The maximum absolute atomic E-state index is 12.3. The van der Waals surface area contributed by atoms with E-state index in [1.54, 1.807) is 24.1 Å². The molecule has 5 nitrogen and oxygen atoms in total. The molecule has 0 radical (unpaired) electrons. The van der Waals surface area contributed by atoms with Crippen molar-refractivity contribution < 1.29 is 4.74 Å². The predicted molar refractivity (Wildman–Crippen MR) is 77.5 cm³/mol. The number of nitrogens with zero attached hydrogens (tertiary/aromatic N) is 2. The molecule has 0 bridgehead atoms. The Morgan fingerprint density at radius 3 is 2.58 bits per heavy atom. The first-order valence-corrected chi connectivity index (χ1v) is 6.76. The second-order valence-electron chi connectivity index (χ2n) is 5.58. The summed E-state index contributed by atoms with van der Waals surface area (Å²) in [5.41, 5.74) is -0.0713. The summed E-state index contributed by atoms with van der Waals surface area (Å²) in [6, 6.07) is 0.0834. The Labute approximate surface area is 115 Å². The first-order valence-electron chi connectivity index (χ1n) is 6.76. The van der Waals surface area contributed by atoms with Gasteiger partial charge in [-0.25, -0.2) is 4.98 Å². The molecule has 1 aromatic heterocycles. The molecule has 0 aromatic carbocycles. The summed E-state index contributed by atoms with van der Waals surface area (Å²) in [6.45, 7) is 9.60. The van der Waals surface area contributed by atoms with Crippen molar-refractivity contribution in [3.63, 3.8) is 0 Å². The van der Waals surface area contributed by atoms with E-state index in [2.05, 4.69) is 38.0 Å². The molecule has 0 amide bonds. The molecule has 0 aliphatic rings. The maximum atomic E-state index is 12.3. The van der Waals surface area contributed by atoms with Crippen LogP contribution in [0.1, 0.15) is 27.7 Å². The van der Waals surface area contributed by atoms with Gasteiger partial charge in [0.1, 0.15) is 0 Å². The number of hydrogen-bond donors (Lipinski definition) is 1. The molecule has 5 heteroatoms. The third-order valence-electron chi connectivity index (χ3n) is 2.95. The van der Waals surface area contributed by atoms with Crippen LogP contribution >= 0.6 is 0 Å². The van der Waals surface area contributed by atoms with Gasteiger partial charge in [0, 0.05) is 26.0 Å². The minimum Gasteiger partial charge on any atom is -0.383 e. The lowest BCUT2D eigenvalue weighted by Crippen LogP contribution is -2.35. The molecule has 1 atom stereocenters. The van der Waals surface area contributed by atoms with Crippen LogP contribution < -0.4 is 10.9 Å². The minimum atomic E-state index is -0.0713. The standard InChI is InChI=1S/C14H25N3O2/c1-10(2)8-17-7-6-15-13(14(17)18)16-12(9-19-5)11(3)4/h6-7,10-12H,8-9H2,1-5H3,(H,15,16). The monoisotopic (exact) mass is 267 g/mol. The molecule has 0 fully saturated rings. The Morgan fingerprint density at radius 2 is 2.05 bits per heavy atom. The first kappa shape index (κ1) is 15.7. The molecule has 19 heavy (non-hydrogen) atoms. The molecule has 1 rings (SSSR count). The highest BCUT2D eigenvalue weighted by atomic mass is 16.5. The van der Waals surface area contributed by atoms with Gasteiger partial charge in [-0.05, 0) is 11.8 Å². The highest BCUT2D eigenvalue weighted by Gasteiger charge is 2.16. The summed E-state index contributed by atoms with van der Waals surface area (Å²) in [6.07, 6.45) is 3.39. The van der Waals surface area contributed by atoms with Crippen molar-refractivity contribution in [1.82, 2.24) is 9.55 Å². The SMILES string of the molecule is COCC(Nc1nccn(CC(C)C)c1=O)C(C)C. The minimum absolute atomic E-state index is 0.0713.